The molecule has 27 heavy (non-hydrogen) atoms. The highest BCUT2D eigenvalue weighted by molar-refractivity contribution is 6.12. The van der Waals surface area contributed by atoms with E-state index in [0.717, 1.165) is 0 Å². The fraction of sp³-hybridized carbons (Fsp3) is 0.308. The van der Waals surface area contributed by atoms with E-state index in [1.54, 1.807) is 0 Å². The van der Waals surface area contributed by atoms with Crippen molar-refractivity contribution in [3.63, 3.8) is 0 Å². The van der Waals surface area contributed by atoms with Crippen molar-refractivity contribution in [1.82, 2.24) is 4.98 Å². The summed E-state index contributed by atoms with van der Waals surface area (Å²) in [7, 11) is 0. The van der Waals surface area contributed by atoms with Gasteiger partial charge >= 0.3 is 0 Å². The predicted molar refractivity (Wildman–Crippen MR) is 119 cm³/mol. The number of aromatic amines is 1. The zero-order chi connectivity index (χ0) is 19.4. The van der Waals surface area contributed by atoms with Crippen LogP contribution in [0.5, 0.6) is 0 Å². The first kappa shape index (κ1) is 17.9. The van der Waals surface area contributed by atoms with Crippen molar-refractivity contribution in [1.29, 1.82) is 0 Å². The Morgan fingerprint density at radius 3 is 1.89 bits per heavy atom. The molecule has 4 rings (SSSR count). The third kappa shape index (κ3) is 3.16. The lowest BCUT2D eigenvalue weighted by Crippen LogP contribution is -2.11. The van der Waals surface area contributed by atoms with Gasteiger partial charge in [-0.1, -0.05) is 77.9 Å². The van der Waals surface area contributed by atoms with Gasteiger partial charge in [0.1, 0.15) is 0 Å². The van der Waals surface area contributed by atoms with Gasteiger partial charge in [-0.05, 0) is 51.8 Å². The standard InChI is InChI=1S/C26H29N/c1-25(2,3)18-12-13-23-21(14-18)22-16-19(26(4,5)6)15-20(24(22)27-23)17-10-8-7-9-11-17/h7-16,27H,1-6H3. The van der Waals surface area contributed by atoms with Crippen molar-refractivity contribution in [2.45, 2.75) is 52.4 Å². The first-order chi connectivity index (χ1) is 12.6. The van der Waals surface area contributed by atoms with Crippen LogP contribution in [-0.4, -0.2) is 4.98 Å². The molecule has 1 N–H and O–H groups in total. The van der Waals surface area contributed by atoms with Crippen LogP contribution in [-0.2, 0) is 10.8 Å². The van der Waals surface area contributed by atoms with E-state index in [4.69, 9.17) is 0 Å². The van der Waals surface area contributed by atoms with E-state index < -0.39 is 0 Å². The van der Waals surface area contributed by atoms with E-state index in [1.165, 1.54) is 44.1 Å². The number of hydrogen-bond donors (Lipinski definition) is 1. The van der Waals surface area contributed by atoms with Crippen molar-refractivity contribution in [3.05, 3.63) is 71.8 Å². The number of rotatable bonds is 1. The van der Waals surface area contributed by atoms with E-state index in [2.05, 4.69) is 107 Å². The molecule has 1 aromatic heterocycles. The fourth-order valence-corrected chi connectivity index (χ4v) is 3.74. The lowest BCUT2D eigenvalue weighted by molar-refractivity contribution is 0.590. The molecule has 3 aromatic carbocycles. The highest BCUT2D eigenvalue weighted by Crippen LogP contribution is 2.38. The van der Waals surface area contributed by atoms with Gasteiger partial charge in [0.05, 0.1) is 5.52 Å². The Kier molecular flexibility index (Phi) is 3.96. The van der Waals surface area contributed by atoms with Crippen LogP contribution in [0.25, 0.3) is 32.9 Å². The maximum Gasteiger partial charge on any atom is 0.0544 e. The molecule has 0 aliphatic carbocycles. The lowest BCUT2D eigenvalue weighted by atomic mass is 9.83. The van der Waals surface area contributed by atoms with Gasteiger partial charge in [0.2, 0.25) is 0 Å². The van der Waals surface area contributed by atoms with E-state index >= 15 is 0 Å². The molecule has 0 amide bonds. The number of benzene rings is 3. The van der Waals surface area contributed by atoms with Crippen LogP contribution in [0.15, 0.2) is 60.7 Å². The number of H-pyrrole nitrogens is 1. The van der Waals surface area contributed by atoms with Crippen molar-refractivity contribution in [2.75, 3.05) is 0 Å². The topological polar surface area (TPSA) is 15.8 Å². The number of fused-ring (bicyclic) bond motifs is 3. The zero-order valence-corrected chi connectivity index (χ0v) is 17.3. The second-order valence-electron chi connectivity index (χ2n) is 9.70. The van der Waals surface area contributed by atoms with Crippen LogP contribution in [0, 0.1) is 0 Å². The maximum atomic E-state index is 3.70. The summed E-state index contributed by atoms with van der Waals surface area (Å²) in [6.45, 7) is 13.7. The van der Waals surface area contributed by atoms with Gasteiger partial charge in [-0.25, -0.2) is 0 Å². The molecule has 0 bridgehead atoms. The summed E-state index contributed by atoms with van der Waals surface area (Å²) in [5.74, 6) is 0. The lowest BCUT2D eigenvalue weighted by Gasteiger charge is -2.21. The van der Waals surface area contributed by atoms with Gasteiger partial charge in [-0.2, -0.15) is 0 Å². The van der Waals surface area contributed by atoms with Crippen LogP contribution >= 0.6 is 0 Å². The first-order valence-corrected chi connectivity index (χ1v) is 9.80. The second-order valence-corrected chi connectivity index (χ2v) is 9.70. The highest BCUT2D eigenvalue weighted by Gasteiger charge is 2.20. The van der Waals surface area contributed by atoms with Gasteiger partial charge in [0.15, 0.2) is 0 Å². The SMILES string of the molecule is CC(C)(C)c1ccc2[nH]c3c(-c4ccccc4)cc(C(C)(C)C)cc3c2c1. The molecule has 0 fully saturated rings. The Balaban J connectivity index is 2.11. The molecule has 0 aliphatic heterocycles. The molecule has 138 valence electrons. The van der Waals surface area contributed by atoms with Gasteiger partial charge in [-0.15, -0.1) is 0 Å². The summed E-state index contributed by atoms with van der Waals surface area (Å²) in [4.78, 5) is 3.70. The molecule has 0 saturated carbocycles. The summed E-state index contributed by atoms with van der Waals surface area (Å²) < 4.78 is 0. The molecule has 0 spiro atoms. The average molecular weight is 356 g/mol. The monoisotopic (exact) mass is 355 g/mol. The molecule has 4 aromatic rings. The molecule has 1 heteroatoms. The van der Waals surface area contributed by atoms with Gasteiger partial charge in [-0.3, -0.25) is 0 Å². The van der Waals surface area contributed by atoms with Crippen LogP contribution in [0.4, 0.5) is 0 Å². The van der Waals surface area contributed by atoms with Crippen molar-refractivity contribution in [2.24, 2.45) is 0 Å². The molecule has 0 saturated heterocycles. The molecule has 0 unspecified atom stereocenters. The Morgan fingerprint density at radius 1 is 0.630 bits per heavy atom. The van der Waals surface area contributed by atoms with Gasteiger partial charge in [0, 0.05) is 21.9 Å². The molecule has 0 radical (unpaired) electrons. The Morgan fingerprint density at radius 2 is 1.26 bits per heavy atom. The highest BCUT2D eigenvalue weighted by atomic mass is 14.7. The number of hydrogen-bond acceptors (Lipinski definition) is 0. The van der Waals surface area contributed by atoms with E-state index in [0.29, 0.717) is 0 Å². The number of aromatic nitrogens is 1. The summed E-state index contributed by atoms with van der Waals surface area (Å²) in [5, 5.41) is 2.64. The minimum Gasteiger partial charge on any atom is -0.354 e. The van der Waals surface area contributed by atoms with Gasteiger partial charge in [0.25, 0.3) is 0 Å². The Hall–Kier alpha value is -2.54. The Labute approximate surface area is 162 Å². The molecular formula is C26H29N. The van der Waals surface area contributed by atoms with Crippen LogP contribution in [0.3, 0.4) is 0 Å². The van der Waals surface area contributed by atoms with E-state index in [1.807, 2.05) is 0 Å². The number of nitrogens with one attached hydrogen (secondary N) is 1. The largest absolute Gasteiger partial charge is 0.354 e. The fourth-order valence-electron chi connectivity index (χ4n) is 3.74. The summed E-state index contributed by atoms with van der Waals surface area (Å²) >= 11 is 0. The van der Waals surface area contributed by atoms with Crippen LogP contribution in [0.1, 0.15) is 52.7 Å². The van der Waals surface area contributed by atoms with E-state index in [-0.39, 0.29) is 10.8 Å². The van der Waals surface area contributed by atoms with Crippen molar-refractivity contribution in [3.8, 4) is 11.1 Å². The maximum absolute atomic E-state index is 3.70. The van der Waals surface area contributed by atoms with Crippen LogP contribution < -0.4 is 0 Å². The third-order valence-corrected chi connectivity index (χ3v) is 5.52. The van der Waals surface area contributed by atoms with Crippen molar-refractivity contribution >= 4 is 21.8 Å². The Bertz CT molecular complexity index is 1120. The minimum absolute atomic E-state index is 0.100. The summed E-state index contributed by atoms with van der Waals surface area (Å²) in [5.41, 5.74) is 7.97. The molecule has 0 aliphatic rings. The molecular weight excluding hydrogens is 326 g/mol. The first-order valence-electron chi connectivity index (χ1n) is 9.80. The summed E-state index contributed by atoms with van der Waals surface area (Å²) in [6.07, 6.45) is 0. The smallest absolute Gasteiger partial charge is 0.0544 e. The molecule has 1 heterocycles. The average Bonchev–Trinajstić information content (AvgIpc) is 2.98. The normalized spacial score (nSPS) is 12.8. The van der Waals surface area contributed by atoms with E-state index in [9.17, 15) is 0 Å². The second kappa shape index (κ2) is 5.99. The molecule has 0 atom stereocenters. The van der Waals surface area contributed by atoms with Crippen LogP contribution in [0.2, 0.25) is 0 Å². The van der Waals surface area contributed by atoms with Crippen molar-refractivity contribution < 1.29 is 0 Å². The predicted octanol–water partition coefficient (Wildman–Crippen LogP) is 7.58. The quantitative estimate of drug-likeness (QED) is 0.362. The third-order valence-electron chi connectivity index (χ3n) is 5.52. The minimum atomic E-state index is 0.100. The molecule has 1 nitrogen and oxygen atoms in total. The van der Waals surface area contributed by atoms with Gasteiger partial charge < -0.3 is 4.98 Å². The zero-order valence-electron chi connectivity index (χ0n) is 17.3. The summed E-state index contributed by atoms with van der Waals surface area (Å²) in [6, 6.07) is 22.3.